The highest BCUT2D eigenvalue weighted by Gasteiger charge is 2.50. The van der Waals surface area contributed by atoms with Gasteiger partial charge in [-0.25, -0.2) is 9.78 Å². The van der Waals surface area contributed by atoms with Crippen molar-refractivity contribution in [3.8, 4) is 5.69 Å². The number of methoxy groups -OCH3 is 1. The molecule has 0 atom stereocenters. The molecular formula is C32H32N2O4SSi. The number of hydrogen-bond acceptors (Lipinski definition) is 6. The van der Waals surface area contributed by atoms with Gasteiger partial charge in [0.15, 0.2) is 0 Å². The number of pyridine rings is 1. The first kappa shape index (κ1) is 27.7. The first-order chi connectivity index (χ1) is 19.3. The van der Waals surface area contributed by atoms with Crippen molar-refractivity contribution >= 4 is 46.3 Å². The SMILES string of the molecule is COC(=O)c1cc2ncsc2n(-c2ccccc2CCO[Si](c2ccccc2)(c2ccccc2)C(C)(C)C)c1=O. The molecule has 0 amide bonds. The highest BCUT2D eigenvalue weighted by molar-refractivity contribution is 7.16. The third-order valence-corrected chi connectivity index (χ3v) is 13.1. The van der Waals surface area contributed by atoms with E-state index in [9.17, 15) is 9.59 Å². The third kappa shape index (κ3) is 4.94. The Balaban J connectivity index is 1.57. The molecule has 5 aromatic rings. The summed E-state index contributed by atoms with van der Waals surface area (Å²) in [5, 5.41) is 2.29. The fourth-order valence-electron chi connectivity index (χ4n) is 5.42. The summed E-state index contributed by atoms with van der Waals surface area (Å²) in [7, 11) is -1.44. The maximum atomic E-state index is 13.6. The zero-order valence-corrected chi connectivity index (χ0v) is 24.9. The van der Waals surface area contributed by atoms with Gasteiger partial charge in [-0.2, -0.15) is 0 Å². The lowest BCUT2D eigenvalue weighted by Crippen LogP contribution is -2.66. The van der Waals surface area contributed by atoms with Gasteiger partial charge in [0.1, 0.15) is 10.4 Å². The lowest BCUT2D eigenvalue weighted by atomic mass is 10.1. The molecule has 0 bridgehead atoms. The zero-order chi connectivity index (χ0) is 28.3. The molecule has 0 N–H and O–H groups in total. The highest BCUT2D eigenvalue weighted by Crippen LogP contribution is 2.37. The van der Waals surface area contributed by atoms with Crippen LogP contribution in [0.15, 0.2) is 101 Å². The Morgan fingerprint density at radius 3 is 2.12 bits per heavy atom. The number of esters is 1. The molecule has 6 nitrogen and oxygen atoms in total. The Morgan fingerprint density at radius 2 is 1.52 bits per heavy atom. The standard InChI is InChI=1S/C32H32N2O4SSi/c1-32(2,3)40(24-14-7-5-8-15-24,25-16-9-6-10-17-25)38-20-19-23-13-11-12-18-28(23)34-29(35)26(31(36)37-4)21-27-30(34)39-22-33-27/h5-18,21-22H,19-20H2,1-4H3. The Hall–Kier alpha value is -3.85. The zero-order valence-electron chi connectivity index (χ0n) is 23.1. The summed E-state index contributed by atoms with van der Waals surface area (Å²) in [4.78, 5) is 31.1. The van der Waals surface area contributed by atoms with Gasteiger partial charge in [0.2, 0.25) is 0 Å². The van der Waals surface area contributed by atoms with Crippen LogP contribution in [0.5, 0.6) is 0 Å². The van der Waals surface area contributed by atoms with E-state index in [1.807, 2.05) is 36.4 Å². The van der Waals surface area contributed by atoms with Crippen molar-refractivity contribution in [2.45, 2.75) is 32.2 Å². The predicted octanol–water partition coefficient (Wildman–Crippen LogP) is 5.35. The average Bonchev–Trinajstić information content (AvgIpc) is 3.43. The van der Waals surface area contributed by atoms with Gasteiger partial charge in [0.25, 0.3) is 13.9 Å². The summed E-state index contributed by atoms with van der Waals surface area (Å²) < 4.78 is 13.6. The van der Waals surface area contributed by atoms with E-state index in [-0.39, 0.29) is 10.6 Å². The van der Waals surface area contributed by atoms with Crippen LogP contribution in [0.1, 0.15) is 36.7 Å². The lowest BCUT2D eigenvalue weighted by Gasteiger charge is -2.43. The largest absolute Gasteiger partial charge is 0.465 e. The van der Waals surface area contributed by atoms with E-state index < -0.39 is 19.8 Å². The monoisotopic (exact) mass is 568 g/mol. The number of carbonyl (C=O) groups excluding carboxylic acids is 1. The van der Waals surface area contributed by atoms with Crippen LogP contribution in [0.4, 0.5) is 0 Å². The fraction of sp³-hybridized carbons (Fsp3) is 0.219. The molecule has 5 rings (SSSR count). The molecule has 8 heteroatoms. The molecule has 0 radical (unpaired) electrons. The Bertz CT molecular complexity index is 1650. The second-order valence-electron chi connectivity index (χ2n) is 10.6. The van der Waals surface area contributed by atoms with Gasteiger partial charge in [0.05, 0.1) is 23.8 Å². The molecule has 0 saturated heterocycles. The molecule has 2 aromatic heterocycles. The van der Waals surface area contributed by atoms with Crippen LogP contribution in [-0.4, -0.2) is 37.6 Å². The first-order valence-corrected chi connectivity index (χ1v) is 16.0. The van der Waals surface area contributed by atoms with E-state index in [0.29, 0.717) is 29.1 Å². The van der Waals surface area contributed by atoms with Crippen molar-refractivity contribution < 1.29 is 14.0 Å². The fourth-order valence-corrected chi connectivity index (χ4v) is 10.8. The third-order valence-electron chi connectivity index (χ3n) is 7.24. The van der Waals surface area contributed by atoms with Crippen LogP contribution in [-0.2, 0) is 15.6 Å². The smallest absolute Gasteiger partial charge is 0.343 e. The topological polar surface area (TPSA) is 70.4 Å². The maximum absolute atomic E-state index is 13.6. The van der Waals surface area contributed by atoms with Gasteiger partial charge in [-0.3, -0.25) is 9.36 Å². The molecule has 0 unspecified atom stereocenters. The molecule has 0 aliphatic heterocycles. The number of ether oxygens (including phenoxy) is 1. The van der Waals surface area contributed by atoms with Crippen LogP contribution >= 0.6 is 11.3 Å². The van der Waals surface area contributed by atoms with Gasteiger partial charge in [-0.1, -0.05) is 99.6 Å². The highest BCUT2D eigenvalue weighted by atomic mass is 32.1. The molecule has 0 saturated carbocycles. The second kappa shape index (κ2) is 11.3. The van der Waals surface area contributed by atoms with Crippen molar-refractivity contribution in [1.82, 2.24) is 9.55 Å². The molecule has 0 fully saturated rings. The van der Waals surface area contributed by atoms with Gasteiger partial charge in [-0.15, -0.1) is 11.3 Å². The van der Waals surface area contributed by atoms with Crippen LogP contribution in [0.25, 0.3) is 16.0 Å². The van der Waals surface area contributed by atoms with Crippen LogP contribution in [0.3, 0.4) is 0 Å². The van der Waals surface area contributed by atoms with Gasteiger partial charge in [0, 0.05) is 6.61 Å². The number of para-hydroxylation sites is 1. The van der Waals surface area contributed by atoms with Crippen molar-refractivity contribution in [1.29, 1.82) is 0 Å². The van der Waals surface area contributed by atoms with E-state index in [4.69, 9.17) is 9.16 Å². The molecule has 3 aromatic carbocycles. The number of aromatic nitrogens is 2. The Morgan fingerprint density at radius 1 is 0.925 bits per heavy atom. The minimum atomic E-state index is -2.71. The molecule has 0 spiro atoms. The number of fused-ring (bicyclic) bond motifs is 1. The minimum absolute atomic E-state index is 0.0423. The van der Waals surface area contributed by atoms with Crippen LogP contribution in [0.2, 0.25) is 5.04 Å². The minimum Gasteiger partial charge on any atom is -0.465 e. The van der Waals surface area contributed by atoms with Crippen molar-refractivity contribution in [2.75, 3.05) is 13.7 Å². The van der Waals surface area contributed by atoms with E-state index >= 15 is 0 Å². The van der Waals surface area contributed by atoms with Gasteiger partial charge < -0.3 is 9.16 Å². The summed E-state index contributed by atoms with van der Waals surface area (Å²) in [6, 6.07) is 30.3. The normalized spacial score (nSPS) is 12.0. The summed E-state index contributed by atoms with van der Waals surface area (Å²) >= 11 is 1.36. The Labute approximate surface area is 239 Å². The molecule has 0 aliphatic rings. The first-order valence-electron chi connectivity index (χ1n) is 13.2. The summed E-state index contributed by atoms with van der Waals surface area (Å²) in [5.41, 5.74) is 3.43. The van der Waals surface area contributed by atoms with Crippen molar-refractivity contribution in [2.24, 2.45) is 0 Å². The van der Waals surface area contributed by atoms with Crippen molar-refractivity contribution in [3.05, 3.63) is 118 Å². The molecule has 40 heavy (non-hydrogen) atoms. The number of nitrogens with zero attached hydrogens (tertiary/aromatic N) is 2. The number of thiazole rings is 1. The maximum Gasteiger partial charge on any atom is 0.343 e. The quantitative estimate of drug-likeness (QED) is 0.186. The molecular weight excluding hydrogens is 537 g/mol. The van der Waals surface area contributed by atoms with Gasteiger partial charge >= 0.3 is 5.97 Å². The van der Waals surface area contributed by atoms with Crippen molar-refractivity contribution in [3.63, 3.8) is 0 Å². The van der Waals surface area contributed by atoms with E-state index in [1.165, 1.54) is 34.9 Å². The lowest BCUT2D eigenvalue weighted by molar-refractivity contribution is 0.0598. The van der Waals surface area contributed by atoms with E-state index in [1.54, 1.807) is 10.1 Å². The summed E-state index contributed by atoms with van der Waals surface area (Å²) in [5.74, 6) is -0.679. The molecule has 0 aliphatic carbocycles. The van der Waals surface area contributed by atoms with E-state index in [2.05, 4.69) is 74.3 Å². The number of benzene rings is 3. The second-order valence-corrected chi connectivity index (χ2v) is 15.8. The summed E-state index contributed by atoms with van der Waals surface area (Å²) in [6.07, 6.45) is 0.579. The Kier molecular flexibility index (Phi) is 7.85. The van der Waals surface area contributed by atoms with E-state index in [0.717, 1.165) is 5.56 Å². The summed E-state index contributed by atoms with van der Waals surface area (Å²) in [6.45, 7) is 7.23. The molecule has 204 valence electrons. The average molecular weight is 569 g/mol. The molecule has 2 heterocycles. The van der Waals surface area contributed by atoms with Gasteiger partial charge in [-0.05, 0) is 39.5 Å². The van der Waals surface area contributed by atoms with Crippen LogP contribution < -0.4 is 15.9 Å². The number of carbonyl (C=O) groups is 1. The number of rotatable bonds is 8. The predicted molar refractivity (Wildman–Crippen MR) is 164 cm³/mol. The van der Waals surface area contributed by atoms with Crippen LogP contribution in [0, 0.1) is 0 Å². The number of hydrogen-bond donors (Lipinski definition) is 0.